The summed E-state index contributed by atoms with van der Waals surface area (Å²) in [7, 11) is 0. The van der Waals surface area contributed by atoms with E-state index in [-0.39, 0.29) is 11.6 Å². The molecule has 0 aliphatic heterocycles. The van der Waals surface area contributed by atoms with E-state index in [1.54, 1.807) is 0 Å². The third-order valence-electron chi connectivity index (χ3n) is 3.86. The van der Waals surface area contributed by atoms with Gasteiger partial charge >= 0.3 is 11.9 Å². The number of halogens is 6. The summed E-state index contributed by atoms with van der Waals surface area (Å²) in [6.07, 6.45) is 1.29. The highest BCUT2D eigenvalue weighted by Gasteiger charge is 2.35. The van der Waals surface area contributed by atoms with E-state index in [0.29, 0.717) is 0 Å². The number of hydrogen-bond donors (Lipinski definition) is 0. The summed E-state index contributed by atoms with van der Waals surface area (Å²) in [5.74, 6) is -12.9. The monoisotopic (exact) mass is 448 g/mol. The van der Waals surface area contributed by atoms with Gasteiger partial charge in [0.1, 0.15) is 6.61 Å². The molecule has 0 unspecified atom stereocenters. The van der Waals surface area contributed by atoms with Crippen LogP contribution in [0.2, 0.25) is 5.02 Å². The van der Waals surface area contributed by atoms with Gasteiger partial charge in [0.15, 0.2) is 23.3 Å². The van der Waals surface area contributed by atoms with Gasteiger partial charge in [0.2, 0.25) is 11.4 Å². The lowest BCUT2D eigenvalue weighted by Gasteiger charge is -2.23. The molecule has 0 aliphatic rings. The number of esters is 2. The fraction of sp³-hybridized carbons (Fsp3) is 0.200. The Balaban J connectivity index is 2.47. The number of rotatable bonds is 6. The Morgan fingerprint density at radius 3 is 2.10 bits per heavy atom. The fourth-order valence-electron chi connectivity index (χ4n) is 2.33. The van der Waals surface area contributed by atoms with Crippen molar-refractivity contribution in [3.63, 3.8) is 0 Å². The van der Waals surface area contributed by atoms with Crippen molar-refractivity contribution in [1.82, 2.24) is 0 Å². The second kappa shape index (κ2) is 8.83. The van der Waals surface area contributed by atoms with Crippen molar-refractivity contribution >= 4 is 23.5 Å². The van der Waals surface area contributed by atoms with E-state index in [9.17, 15) is 31.5 Å². The SMILES string of the molecule is C=CCOC(=O)C(C)(C)OC(=O)c1cc(-c2c(F)c(F)c(F)c(F)c2F)ccc1Cl. The average Bonchev–Trinajstić information content (AvgIpc) is 2.69. The molecule has 0 N–H and O–H groups in total. The number of benzene rings is 2. The van der Waals surface area contributed by atoms with Crippen LogP contribution in [0.15, 0.2) is 30.9 Å². The van der Waals surface area contributed by atoms with Gasteiger partial charge in [-0.2, -0.15) is 0 Å². The zero-order chi connectivity index (χ0) is 22.8. The van der Waals surface area contributed by atoms with Crippen molar-refractivity contribution in [3.05, 3.63) is 70.5 Å². The largest absolute Gasteiger partial charge is 0.459 e. The Morgan fingerprint density at radius 2 is 1.57 bits per heavy atom. The molecule has 160 valence electrons. The molecule has 0 saturated heterocycles. The van der Waals surface area contributed by atoms with Crippen molar-refractivity contribution in [3.8, 4) is 11.1 Å². The summed E-state index contributed by atoms with van der Waals surface area (Å²) in [5, 5.41) is -0.247. The lowest BCUT2D eigenvalue weighted by molar-refractivity contribution is -0.161. The fourth-order valence-corrected chi connectivity index (χ4v) is 2.53. The molecule has 0 aliphatic carbocycles. The van der Waals surface area contributed by atoms with Gasteiger partial charge in [-0.1, -0.05) is 30.3 Å². The molecule has 0 bridgehead atoms. The van der Waals surface area contributed by atoms with Crippen LogP contribution >= 0.6 is 11.6 Å². The van der Waals surface area contributed by atoms with E-state index in [2.05, 4.69) is 6.58 Å². The lowest BCUT2D eigenvalue weighted by atomic mass is 10.0. The maximum atomic E-state index is 14.1. The van der Waals surface area contributed by atoms with E-state index in [1.165, 1.54) is 19.9 Å². The van der Waals surface area contributed by atoms with Gasteiger partial charge in [0.25, 0.3) is 0 Å². The van der Waals surface area contributed by atoms with Crippen molar-refractivity contribution in [2.75, 3.05) is 6.61 Å². The van der Waals surface area contributed by atoms with Gasteiger partial charge in [-0.05, 0) is 31.5 Å². The number of hydrogen-bond acceptors (Lipinski definition) is 4. The number of ether oxygens (including phenoxy) is 2. The van der Waals surface area contributed by atoms with E-state index in [0.717, 1.165) is 18.2 Å². The van der Waals surface area contributed by atoms with Gasteiger partial charge in [0, 0.05) is 0 Å². The minimum Gasteiger partial charge on any atom is -0.459 e. The minimum atomic E-state index is -2.32. The molecule has 0 radical (unpaired) electrons. The molecule has 0 aromatic heterocycles. The van der Waals surface area contributed by atoms with Gasteiger partial charge in [-0.25, -0.2) is 31.5 Å². The Kier molecular flexibility index (Phi) is 6.87. The Bertz CT molecular complexity index is 1010. The first-order chi connectivity index (χ1) is 13.9. The van der Waals surface area contributed by atoms with Gasteiger partial charge in [0.05, 0.1) is 16.1 Å². The highest BCUT2D eigenvalue weighted by molar-refractivity contribution is 6.33. The highest BCUT2D eigenvalue weighted by atomic mass is 35.5. The quantitative estimate of drug-likeness (QED) is 0.196. The molecule has 30 heavy (non-hydrogen) atoms. The standard InChI is InChI=1S/C20H14ClF5O4/c1-4-7-29-19(28)20(2,3)30-18(27)10-8-9(5-6-11(10)21)12-13(22)15(24)17(26)16(25)14(12)23/h4-6,8H,1,7H2,2-3H3. The molecule has 0 spiro atoms. The zero-order valence-electron chi connectivity index (χ0n) is 15.6. The molecular weight excluding hydrogens is 435 g/mol. The molecule has 0 atom stereocenters. The highest BCUT2D eigenvalue weighted by Crippen LogP contribution is 2.34. The maximum absolute atomic E-state index is 14.1. The van der Waals surface area contributed by atoms with Crippen LogP contribution in [0.4, 0.5) is 22.0 Å². The molecule has 2 aromatic carbocycles. The van der Waals surface area contributed by atoms with Gasteiger partial charge in [-0.3, -0.25) is 0 Å². The summed E-state index contributed by atoms with van der Waals surface area (Å²) in [4.78, 5) is 24.4. The van der Waals surface area contributed by atoms with Crippen LogP contribution in [0.3, 0.4) is 0 Å². The molecule has 0 heterocycles. The van der Waals surface area contributed by atoms with Crippen LogP contribution in [0.5, 0.6) is 0 Å². The predicted octanol–water partition coefficient (Wildman–Crippen LogP) is 5.37. The summed E-state index contributed by atoms with van der Waals surface area (Å²) >= 11 is 5.91. The molecule has 2 rings (SSSR count). The topological polar surface area (TPSA) is 52.6 Å². The molecule has 10 heteroatoms. The third kappa shape index (κ3) is 4.46. The normalized spacial score (nSPS) is 11.2. The second-order valence-electron chi connectivity index (χ2n) is 6.43. The van der Waals surface area contributed by atoms with Crippen molar-refractivity contribution in [1.29, 1.82) is 0 Å². The number of carbonyl (C=O) groups excluding carboxylic acids is 2. The smallest absolute Gasteiger partial charge is 0.350 e. The maximum Gasteiger partial charge on any atom is 0.350 e. The zero-order valence-corrected chi connectivity index (χ0v) is 16.4. The molecule has 2 aromatic rings. The van der Waals surface area contributed by atoms with Crippen LogP contribution < -0.4 is 0 Å². The summed E-state index contributed by atoms with van der Waals surface area (Å²) in [5.41, 5.74) is -4.01. The van der Waals surface area contributed by atoms with Crippen LogP contribution in [0.25, 0.3) is 11.1 Å². The number of carbonyl (C=O) groups is 2. The Hall–Kier alpha value is -2.94. The van der Waals surface area contributed by atoms with Crippen LogP contribution in [0, 0.1) is 29.1 Å². The van der Waals surface area contributed by atoms with E-state index >= 15 is 0 Å². The van der Waals surface area contributed by atoms with Crippen molar-refractivity contribution < 1.29 is 41.0 Å². The lowest BCUT2D eigenvalue weighted by Crippen LogP contribution is -2.39. The van der Waals surface area contributed by atoms with E-state index in [1.807, 2.05) is 0 Å². The van der Waals surface area contributed by atoms with Gasteiger partial charge < -0.3 is 9.47 Å². The van der Waals surface area contributed by atoms with Crippen LogP contribution in [-0.4, -0.2) is 24.1 Å². The third-order valence-corrected chi connectivity index (χ3v) is 4.19. The van der Waals surface area contributed by atoms with E-state index < -0.39 is 63.3 Å². The van der Waals surface area contributed by atoms with Crippen molar-refractivity contribution in [2.45, 2.75) is 19.4 Å². The molecule has 0 amide bonds. The first-order valence-corrected chi connectivity index (χ1v) is 8.63. The Labute approximate surface area is 172 Å². The predicted molar refractivity (Wildman–Crippen MR) is 97.3 cm³/mol. The molecule has 0 fully saturated rings. The average molecular weight is 449 g/mol. The molecule has 0 saturated carbocycles. The van der Waals surface area contributed by atoms with Crippen LogP contribution in [-0.2, 0) is 14.3 Å². The first kappa shape index (κ1) is 23.3. The molecular formula is C20H14ClF5O4. The summed E-state index contributed by atoms with van der Waals surface area (Å²) in [6.45, 7) is 5.66. The molecule has 4 nitrogen and oxygen atoms in total. The van der Waals surface area contributed by atoms with E-state index in [4.69, 9.17) is 21.1 Å². The van der Waals surface area contributed by atoms with Crippen molar-refractivity contribution in [2.24, 2.45) is 0 Å². The van der Waals surface area contributed by atoms with Gasteiger partial charge in [-0.15, -0.1) is 0 Å². The second-order valence-corrected chi connectivity index (χ2v) is 6.83. The Morgan fingerprint density at radius 1 is 1.03 bits per heavy atom. The summed E-state index contributed by atoms with van der Waals surface area (Å²) in [6, 6.07) is 2.75. The van der Waals surface area contributed by atoms with Crippen LogP contribution in [0.1, 0.15) is 24.2 Å². The minimum absolute atomic E-state index is 0.143. The first-order valence-electron chi connectivity index (χ1n) is 8.25. The summed E-state index contributed by atoms with van der Waals surface area (Å²) < 4.78 is 78.3.